The Morgan fingerprint density at radius 3 is 2.80 bits per heavy atom. The fraction of sp³-hybridized carbons (Fsp3) is 0.400. The van der Waals surface area contributed by atoms with E-state index in [1.165, 1.54) is 23.4 Å². The summed E-state index contributed by atoms with van der Waals surface area (Å²) < 4.78 is 7.55. The quantitative estimate of drug-likeness (QED) is 0.812. The zero-order chi connectivity index (χ0) is 14.3. The molecule has 20 heavy (non-hydrogen) atoms. The maximum atomic E-state index is 5.61. The number of anilines is 1. The number of halogens is 2. The van der Waals surface area contributed by atoms with Gasteiger partial charge in [0.25, 0.3) is 0 Å². The van der Waals surface area contributed by atoms with Gasteiger partial charge in [0.2, 0.25) is 0 Å². The minimum atomic E-state index is 0.848. The van der Waals surface area contributed by atoms with Crippen LogP contribution >= 0.6 is 31.9 Å². The van der Waals surface area contributed by atoms with E-state index in [2.05, 4.69) is 44.1 Å². The van der Waals surface area contributed by atoms with Gasteiger partial charge in [0.15, 0.2) is 0 Å². The number of hydrogen-bond donors (Lipinski definition) is 1. The summed E-state index contributed by atoms with van der Waals surface area (Å²) in [7, 11) is 1.70. The fourth-order valence-corrected chi connectivity index (χ4v) is 4.32. The minimum absolute atomic E-state index is 0.848. The predicted octanol–water partition coefficient (Wildman–Crippen LogP) is 4.69. The van der Waals surface area contributed by atoms with E-state index in [1.54, 1.807) is 7.11 Å². The lowest BCUT2D eigenvalue weighted by atomic mass is 10.1. The number of benzene rings is 1. The number of rotatable bonds is 3. The number of aryl methyl sites for hydroxylation is 1. The number of hydrogen-bond acceptors (Lipinski definition) is 3. The number of aromatic nitrogens is 1. The van der Waals surface area contributed by atoms with E-state index < -0.39 is 0 Å². The Balaban J connectivity index is 2.45. The van der Waals surface area contributed by atoms with Gasteiger partial charge >= 0.3 is 0 Å². The summed E-state index contributed by atoms with van der Waals surface area (Å²) in [5, 5.41) is 4.58. The number of pyridine rings is 1. The SMILES string of the molecule is CCNc1c2c(nc3c(Br)cc(Br)c(OC)c13)CCC2. The number of nitrogens with one attached hydrogen (secondary N) is 1. The molecule has 1 aromatic heterocycles. The van der Waals surface area contributed by atoms with E-state index >= 15 is 0 Å². The molecule has 0 saturated heterocycles. The van der Waals surface area contributed by atoms with Crippen LogP contribution in [0, 0.1) is 0 Å². The van der Waals surface area contributed by atoms with Crippen molar-refractivity contribution in [2.24, 2.45) is 0 Å². The van der Waals surface area contributed by atoms with Gasteiger partial charge in [-0.1, -0.05) is 0 Å². The average molecular weight is 400 g/mol. The van der Waals surface area contributed by atoms with Crippen molar-refractivity contribution in [3.8, 4) is 5.75 Å². The molecule has 0 bridgehead atoms. The van der Waals surface area contributed by atoms with Crippen LogP contribution in [-0.4, -0.2) is 18.6 Å². The second-order valence-electron chi connectivity index (χ2n) is 4.89. The molecule has 3 rings (SSSR count). The molecule has 106 valence electrons. The van der Waals surface area contributed by atoms with Crippen LogP contribution in [0.3, 0.4) is 0 Å². The van der Waals surface area contributed by atoms with Crippen LogP contribution in [-0.2, 0) is 12.8 Å². The summed E-state index contributed by atoms with van der Waals surface area (Å²) >= 11 is 7.21. The van der Waals surface area contributed by atoms with Crippen molar-refractivity contribution < 1.29 is 4.74 Å². The van der Waals surface area contributed by atoms with E-state index in [-0.39, 0.29) is 0 Å². The molecule has 0 unspecified atom stereocenters. The van der Waals surface area contributed by atoms with Crippen LogP contribution in [0.1, 0.15) is 24.6 Å². The summed E-state index contributed by atoms with van der Waals surface area (Å²) in [4.78, 5) is 4.86. The van der Waals surface area contributed by atoms with E-state index in [0.29, 0.717) is 0 Å². The van der Waals surface area contributed by atoms with Crippen LogP contribution in [0.25, 0.3) is 10.9 Å². The molecule has 0 spiro atoms. The number of fused-ring (bicyclic) bond motifs is 2. The van der Waals surface area contributed by atoms with E-state index in [0.717, 1.165) is 45.0 Å². The lowest BCUT2D eigenvalue weighted by Crippen LogP contribution is -2.05. The van der Waals surface area contributed by atoms with Gasteiger partial charge in [-0.2, -0.15) is 0 Å². The van der Waals surface area contributed by atoms with E-state index in [4.69, 9.17) is 9.72 Å². The molecule has 1 aliphatic rings. The van der Waals surface area contributed by atoms with Gasteiger partial charge in [-0.3, -0.25) is 4.98 Å². The zero-order valence-electron chi connectivity index (χ0n) is 11.5. The Labute approximate surface area is 135 Å². The molecule has 1 aliphatic carbocycles. The normalized spacial score (nSPS) is 13.6. The summed E-state index contributed by atoms with van der Waals surface area (Å²) in [5.41, 5.74) is 4.73. The lowest BCUT2D eigenvalue weighted by molar-refractivity contribution is 0.417. The fourth-order valence-electron chi connectivity index (χ4n) is 2.91. The molecular formula is C15H16Br2N2O. The van der Waals surface area contributed by atoms with Gasteiger partial charge in [0.1, 0.15) is 5.75 Å². The number of ether oxygens (including phenoxy) is 1. The van der Waals surface area contributed by atoms with E-state index in [1.807, 2.05) is 6.07 Å². The van der Waals surface area contributed by atoms with Crippen LogP contribution in [0.15, 0.2) is 15.0 Å². The number of methoxy groups -OCH3 is 1. The monoisotopic (exact) mass is 398 g/mol. The molecular weight excluding hydrogens is 384 g/mol. The highest BCUT2D eigenvalue weighted by molar-refractivity contribution is 9.11. The van der Waals surface area contributed by atoms with E-state index in [9.17, 15) is 0 Å². The second kappa shape index (κ2) is 5.53. The van der Waals surface area contributed by atoms with Crippen molar-refractivity contribution in [1.29, 1.82) is 0 Å². The highest BCUT2D eigenvalue weighted by Crippen LogP contribution is 2.44. The largest absolute Gasteiger partial charge is 0.495 e. The topological polar surface area (TPSA) is 34.2 Å². The summed E-state index contributed by atoms with van der Waals surface area (Å²) in [5.74, 6) is 0.848. The highest BCUT2D eigenvalue weighted by Gasteiger charge is 2.23. The first-order valence-electron chi connectivity index (χ1n) is 6.78. The van der Waals surface area contributed by atoms with Crippen LogP contribution in [0.5, 0.6) is 5.75 Å². The Hall–Kier alpha value is -0.810. The number of nitrogens with zero attached hydrogens (tertiary/aromatic N) is 1. The molecule has 1 heterocycles. The van der Waals surface area contributed by atoms with Gasteiger partial charge in [-0.15, -0.1) is 0 Å². The molecule has 0 radical (unpaired) electrons. The Bertz CT molecular complexity index is 686. The van der Waals surface area contributed by atoms with Crippen LogP contribution < -0.4 is 10.1 Å². The molecule has 0 atom stereocenters. The third kappa shape index (κ3) is 2.11. The summed E-state index contributed by atoms with van der Waals surface area (Å²) in [6, 6.07) is 2.01. The molecule has 0 amide bonds. The average Bonchev–Trinajstić information content (AvgIpc) is 2.88. The Kier molecular flexibility index (Phi) is 3.91. The van der Waals surface area contributed by atoms with Crippen molar-refractivity contribution in [2.75, 3.05) is 19.0 Å². The molecule has 5 heteroatoms. The Morgan fingerprint density at radius 1 is 1.30 bits per heavy atom. The third-order valence-electron chi connectivity index (χ3n) is 3.71. The molecule has 0 fully saturated rings. The molecule has 0 saturated carbocycles. The van der Waals surface area contributed by atoms with Gasteiger partial charge in [-0.25, -0.2) is 0 Å². The first-order valence-corrected chi connectivity index (χ1v) is 8.37. The summed E-state index contributed by atoms with van der Waals surface area (Å²) in [6.07, 6.45) is 3.33. The van der Waals surface area contributed by atoms with Crippen molar-refractivity contribution in [1.82, 2.24) is 4.98 Å². The van der Waals surface area contributed by atoms with Gasteiger partial charge in [0, 0.05) is 16.7 Å². The van der Waals surface area contributed by atoms with Crippen molar-refractivity contribution in [2.45, 2.75) is 26.2 Å². The minimum Gasteiger partial charge on any atom is -0.495 e. The van der Waals surface area contributed by atoms with Crippen molar-refractivity contribution in [3.05, 3.63) is 26.3 Å². The lowest BCUT2D eigenvalue weighted by Gasteiger charge is -2.17. The van der Waals surface area contributed by atoms with Gasteiger partial charge in [0.05, 0.1) is 28.2 Å². The Morgan fingerprint density at radius 2 is 2.10 bits per heavy atom. The first-order chi connectivity index (χ1) is 9.67. The van der Waals surface area contributed by atoms with Gasteiger partial charge in [-0.05, 0) is 69.7 Å². The van der Waals surface area contributed by atoms with Crippen molar-refractivity contribution >= 4 is 48.5 Å². The maximum Gasteiger partial charge on any atom is 0.144 e. The molecule has 0 aliphatic heterocycles. The highest BCUT2D eigenvalue weighted by atomic mass is 79.9. The van der Waals surface area contributed by atoms with Crippen LogP contribution in [0.4, 0.5) is 5.69 Å². The zero-order valence-corrected chi connectivity index (χ0v) is 14.7. The standard InChI is InChI=1S/C15H16Br2N2O/c1-3-18-13-8-5-4-6-11(8)19-14-9(16)7-10(17)15(20-2)12(13)14/h7H,3-6H2,1-2H3,(H,18,19). The van der Waals surface area contributed by atoms with Crippen molar-refractivity contribution in [3.63, 3.8) is 0 Å². The maximum absolute atomic E-state index is 5.61. The molecule has 1 aromatic carbocycles. The molecule has 2 aromatic rings. The predicted molar refractivity (Wildman–Crippen MR) is 89.9 cm³/mol. The van der Waals surface area contributed by atoms with Gasteiger partial charge < -0.3 is 10.1 Å². The van der Waals surface area contributed by atoms with Crippen LogP contribution in [0.2, 0.25) is 0 Å². The summed E-state index contributed by atoms with van der Waals surface area (Å²) in [6.45, 7) is 3.01. The first kappa shape index (κ1) is 14.1. The smallest absolute Gasteiger partial charge is 0.144 e. The third-order valence-corrected chi connectivity index (χ3v) is 4.90. The second-order valence-corrected chi connectivity index (χ2v) is 6.60. The molecule has 3 nitrogen and oxygen atoms in total. The molecule has 1 N–H and O–H groups in total.